The van der Waals surface area contributed by atoms with Crippen molar-refractivity contribution >= 4 is 17.2 Å². The molecule has 1 aromatic carbocycles. The Bertz CT molecular complexity index is 655. The smallest absolute Gasteiger partial charge is 0.258 e. The first-order valence-corrected chi connectivity index (χ1v) is 8.83. The molecule has 1 unspecified atom stereocenters. The molecule has 0 saturated carbocycles. The summed E-state index contributed by atoms with van der Waals surface area (Å²) in [7, 11) is 0. The molecule has 1 aromatic heterocycles. The number of nitrogens with one attached hydrogen (secondary N) is 1. The fraction of sp³-hybridized carbons (Fsp3) is 0.421. The number of thiophene rings is 1. The average Bonchev–Trinajstić information content (AvgIpc) is 3.06. The minimum Gasteiger partial charge on any atom is -0.484 e. The van der Waals surface area contributed by atoms with E-state index in [1.54, 1.807) is 6.92 Å². The van der Waals surface area contributed by atoms with Crippen LogP contribution < -0.4 is 10.1 Å². The maximum absolute atomic E-state index is 11.9. The van der Waals surface area contributed by atoms with Gasteiger partial charge in [-0.25, -0.2) is 0 Å². The molecule has 24 heavy (non-hydrogen) atoms. The van der Waals surface area contributed by atoms with E-state index in [4.69, 9.17) is 4.74 Å². The first kappa shape index (κ1) is 18.5. The van der Waals surface area contributed by atoms with Crippen molar-refractivity contribution in [2.45, 2.75) is 38.7 Å². The summed E-state index contributed by atoms with van der Waals surface area (Å²) in [5, 5.41) is 15.0. The van der Waals surface area contributed by atoms with Gasteiger partial charge >= 0.3 is 0 Å². The van der Waals surface area contributed by atoms with E-state index in [-0.39, 0.29) is 24.5 Å². The second kappa shape index (κ2) is 7.36. The first-order chi connectivity index (χ1) is 11.2. The quantitative estimate of drug-likeness (QED) is 0.841. The number of hydrogen-bond acceptors (Lipinski definition) is 4. The van der Waals surface area contributed by atoms with Crippen LogP contribution in [0.4, 0.5) is 0 Å². The molecular weight excluding hydrogens is 322 g/mol. The van der Waals surface area contributed by atoms with Gasteiger partial charge in [-0.3, -0.25) is 4.79 Å². The van der Waals surface area contributed by atoms with E-state index in [9.17, 15) is 9.90 Å². The summed E-state index contributed by atoms with van der Waals surface area (Å²) in [6, 6.07) is 11.5. The highest BCUT2D eigenvalue weighted by Gasteiger charge is 2.24. The molecule has 1 heterocycles. The monoisotopic (exact) mass is 347 g/mol. The number of rotatable bonds is 6. The second-order valence-electron chi connectivity index (χ2n) is 7.09. The lowest BCUT2D eigenvalue weighted by Crippen LogP contribution is -2.40. The van der Waals surface area contributed by atoms with Crippen LogP contribution in [0, 0.1) is 0 Å². The topological polar surface area (TPSA) is 58.6 Å². The Morgan fingerprint density at radius 2 is 1.83 bits per heavy atom. The normalized spacial score (nSPS) is 14.0. The van der Waals surface area contributed by atoms with Crippen molar-refractivity contribution in [3.8, 4) is 5.75 Å². The number of amides is 1. The summed E-state index contributed by atoms with van der Waals surface area (Å²) < 4.78 is 5.50. The zero-order valence-electron chi connectivity index (χ0n) is 14.6. The van der Waals surface area contributed by atoms with E-state index in [0.29, 0.717) is 5.75 Å². The number of carbonyl (C=O) groups excluding carboxylic acids is 1. The van der Waals surface area contributed by atoms with Gasteiger partial charge in [-0.2, -0.15) is 0 Å². The first-order valence-electron chi connectivity index (χ1n) is 7.95. The highest BCUT2D eigenvalue weighted by atomic mass is 32.1. The molecule has 2 N–H and O–H groups in total. The van der Waals surface area contributed by atoms with Gasteiger partial charge in [0.05, 0.1) is 6.54 Å². The fourth-order valence-electron chi connectivity index (χ4n) is 2.19. The number of aliphatic hydroxyl groups is 1. The van der Waals surface area contributed by atoms with E-state index in [0.717, 1.165) is 4.88 Å². The Morgan fingerprint density at radius 1 is 1.17 bits per heavy atom. The predicted octanol–water partition coefficient (Wildman–Crippen LogP) is 3.45. The summed E-state index contributed by atoms with van der Waals surface area (Å²) in [5.41, 5.74) is 0.230. The van der Waals surface area contributed by atoms with Crippen molar-refractivity contribution in [2.24, 2.45) is 0 Å². The van der Waals surface area contributed by atoms with Crippen molar-refractivity contribution in [3.05, 3.63) is 52.2 Å². The second-order valence-corrected chi connectivity index (χ2v) is 8.04. The molecule has 130 valence electrons. The molecule has 1 atom stereocenters. The SMILES string of the molecule is CC(C)(C)c1ccc(OCC(=O)NCC(C)(O)c2cccs2)cc1. The van der Waals surface area contributed by atoms with Gasteiger partial charge in [0.25, 0.3) is 5.91 Å². The zero-order chi connectivity index (χ0) is 17.8. The van der Waals surface area contributed by atoms with Gasteiger partial charge in [-0.1, -0.05) is 39.0 Å². The summed E-state index contributed by atoms with van der Waals surface area (Å²) in [6.45, 7) is 8.21. The Hall–Kier alpha value is -1.85. The van der Waals surface area contributed by atoms with Gasteiger partial charge in [0.15, 0.2) is 6.61 Å². The Labute approximate surface area is 147 Å². The predicted molar refractivity (Wildman–Crippen MR) is 97.5 cm³/mol. The summed E-state index contributed by atoms with van der Waals surface area (Å²) in [6.07, 6.45) is 0. The molecule has 5 heteroatoms. The lowest BCUT2D eigenvalue weighted by atomic mass is 9.87. The number of benzene rings is 1. The molecule has 0 saturated heterocycles. The van der Waals surface area contributed by atoms with Crippen LogP contribution in [0.5, 0.6) is 5.75 Å². The van der Waals surface area contributed by atoms with E-state index in [1.807, 2.05) is 41.8 Å². The Morgan fingerprint density at radius 3 is 2.38 bits per heavy atom. The molecule has 1 amide bonds. The van der Waals surface area contributed by atoms with Crippen LogP contribution in [-0.2, 0) is 15.8 Å². The molecule has 0 radical (unpaired) electrons. The van der Waals surface area contributed by atoms with Gasteiger partial charge < -0.3 is 15.2 Å². The number of ether oxygens (including phenoxy) is 1. The van der Waals surface area contributed by atoms with Crippen molar-refractivity contribution in [2.75, 3.05) is 13.2 Å². The summed E-state index contributed by atoms with van der Waals surface area (Å²) in [4.78, 5) is 12.7. The fourth-order valence-corrected chi connectivity index (χ4v) is 2.98. The van der Waals surface area contributed by atoms with E-state index in [1.165, 1.54) is 16.9 Å². The lowest BCUT2D eigenvalue weighted by Gasteiger charge is -2.22. The van der Waals surface area contributed by atoms with Gasteiger partial charge in [0.1, 0.15) is 11.4 Å². The van der Waals surface area contributed by atoms with Crippen molar-refractivity contribution < 1.29 is 14.6 Å². The standard InChI is InChI=1S/C19H25NO3S/c1-18(2,3)14-7-9-15(10-8-14)23-12-17(21)20-13-19(4,22)16-6-5-11-24-16/h5-11,22H,12-13H2,1-4H3,(H,20,21). The molecule has 0 spiro atoms. The van der Waals surface area contributed by atoms with Crippen LogP contribution >= 0.6 is 11.3 Å². The highest BCUT2D eigenvalue weighted by Crippen LogP contribution is 2.25. The Balaban J connectivity index is 1.81. The Kier molecular flexibility index (Phi) is 5.67. The highest BCUT2D eigenvalue weighted by molar-refractivity contribution is 7.10. The minimum atomic E-state index is -1.07. The molecule has 2 rings (SSSR count). The van der Waals surface area contributed by atoms with E-state index >= 15 is 0 Å². The van der Waals surface area contributed by atoms with Crippen LogP contribution in [0.2, 0.25) is 0 Å². The number of hydrogen-bond donors (Lipinski definition) is 2. The van der Waals surface area contributed by atoms with Crippen LogP contribution in [-0.4, -0.2) is 24.2 Å². The summed E-state index contributed by atoms with van der Waals surface area (Å²) >= 11 is 1.46. The van der Waals surface area contributed by atoms with Gasteiger partial charge in [0.2, 0.25) is 0 Å². The van der Waals surface area contributed by atoms with Crippen LogP contribution in [0.1, 0.15) is 38.1 Å². The van der Waals surface area contributed by atoms with Crippen LogP contribution in [0.15, 0.2) is 41.8 Å². The average molecular weight is 347 g/mol. The minimum absolute atomic E-state index is 0.0740. The third-order valence-corrected chi connectivity index (χ3v) is 4.90. The number of carbonyl (C=O) groups is 1. The van der Waals surface area contributed by atoms with E-state index in [2.05, 4.69) is 26.1 Å². The summed E-state index contributed by atoms with van der Waals surface area (Å²) in [5.74, 6) is 0.398. The van der Waals surface area contributed by atoms with Gasteiger partial charge in [0, 0.05) is 4.88 Å². The third-order valence-electron chi connectivity index (χ3n) is 3.77. The molecular formula is C19H25NO3S. The van der Waals surface area contributed by atoms with Crippen LogP contribution in [0.3, 0.4) is 0 Å². The molecule has 0 aliphatic carbocycles. The molecule has 0 fully saturated rings. The van der Waals surface area contributed by atoms with Gasteiger partial charge in [-0.05, 0) is 41.5 Å². The van der Waals surface area contributed by atoms with E-state index < -0.39 is 5.60 Å². The molecule has 2 aromatic rings. The molecule has 0 aliphatic rings. The van der Waals surface area contributed by atoms with Crippen molar-refractivity contribution in [1.82, 2.24) is 5.32 Å². The maximum atomic E-state index is 11.9. The molecule has 0 aliphatic heterocycles. The van der Waals surface area contributed by atoms with Crippen LogP contribution in [0.25, 0.3) is 0 Å². The van der Waals surface area contributed by atoms with Gasteiger partial charge in [-0.15, -0.1) is 11.3 Å². The maximum Gasteiger partial charge on any atom is 0.258 e. The third kappa shape index (κ3) is 5.08. The van der Waals surface area contributed by atoms with Crippen molar-refractivity contribution in [1.29, 1.82) is 0 Å². The van der Waals surface area contributed by atoms with Crippen molar-refractivity contribution in [3.63, 3.8) is 0 Å². The molecule has 0 bridgehead atoms. The molecule has 4 nitrogen and oxygen atoms in total. The largest absolute Gasteiger partial charge is 0.484 e. The zero-order valence-corrected chi connectivity index (χ0v) is 15.4. The lowest BCUT2D eigenvalue weighted by molar-refractivity contribution is -0.124.